The molecule has 1 aromatic heterocycles. The molecule has 0 radical (unpaired) electrons. The molecule has 1 aliphatic carbocycles. The van der Waals surface area contributed by atoms with Gasteiger partial charge in [0.25, 0.3) is 10.0 Å². The summed E-state index contributed by atoms with van der Waals surface area (Å²) in [5.74, 6) is 0. The number of aromatic nitrogens is 2. The number of thioether (sulfide) groups is 1. The van der Waals surface area contributed by atoms with Crippen LogP contribution in [0.25, 0.3) is 11.0 Å². The number of nitrogens with one attached hydrogen (secondary N) is 1. The molecule has 1 heterocycles. The van der Waals surface area contributed by atoms with E-state index in [0.717, 1.165) is 27.7 Å². The molecule has 2 aromatic carbocycles. The molecule has 9 heteroatoms. The van der Waals surface area contributed by atoms with Gasteiger partial charge in [-0.15, -0.1) is 11.8 Å². The molecule has 3 aromatic rings. The number of nitrogens with zero attached hydrogens (tertiary/aromatic N) is 2. The van der Waals surface area contributed by atoms with E-state index < -0.39 is 10.0 Å². The summed E-state index contributed by atoms with van der Waals surface area (Å²) in [7, 11) is -0.315. The van der Waals surface area contributed by atoms with Crippen molar-refractivity contribution in [2.24, 2.45) is 14.1 Å². The molecule has 0 unspecified atom stereocenters. The van der Waals surface area contributed by atoms with Crippen LogP contribution in [0.5, 0.6) is 0 Å². The molecule has 0 atom stereocenters. The van der Waals surface area contributed by atoms with Crippen molar-refractivity contribution in [3.05, 3.63) is 51.4 Å². The molecule has 4 rings (SSSR count). The number of hydrogen-bond donors (Lipinski definition) is 1. The Labute approximate surface area is 188 Å². The van der Waals surface area contributed by atoms with Crippen LogP contribution in [-0.2, 0) is 24.1 Å². The second-order valence-electron chi connectivity index (χ2n) is 7.67. The van der Waals surface area contributed by atoms with Gasteiger partial charge in [0.2, 0.25) is 0 Å². The maximum Gasteiger partial charge on any atom is 0.328 e. The maximum atomic E-state index is 13.0. The first-order valence-corrected chi connectivity index (χ1v) is 13.1. The number of benzene rings is 2. The topological polar surface area (TPSA) is 73.1 Å². The van der Waals surface area contributed by atoms with Gasteiger partial charge in [0, 0.05) is 28.7 Å². The summed E-state index contributed by atoms with van der Waals surface area (Å²) >= 11 is 5.05. The number of fused-ring (bicyclic) bond motifs is 1. The highest BCUT2D eigenvalue weighted by Gasteiger charge is 2.22. The Morgan fingerprint density at radius 3 is 2.23 bits per heavy atom. The van der Waals surface area contributed by atoms with E-state index in [1.54, 1.807) is 65.3 Å². The smallest absolute Gasteiger partial charge is 0.295 e. The standard InChI is InChI=1S/C21H24BrN3O3S2/c1-24-18-12-17(23-30(27,28)16-10-8-14(22)9-11-16)20(13-19(18)25(2)21(24)26)29-15-6-4-3-5-7-15/h8-13,15,23H,3-7H2,1-2H3. The van der Waals surface area contributed by atoms with Gasteiger partial charge >= 0.3 is 5.69 Å². The van der Waals surface area contributed by atoms with Crippen LogP contribution in [0.1, 0.15) is 32.1 Å². The molecule has 0 spiro atoms. The van der Waals surface area contributed by atoms with Gasteiger partial charge in [-0.25, -0.2) is 13.2 Å². The number of hydrogen-bond acceptors (Lipinski definition) is 4. The summed E-state index contributed by atoms with van der Waals surface area (Å²) in [5, 5.41) is 0.452. The Morgan fingerprint density at radius 1 is 1.00 bits per heavy atom. The van der Waals surface area contributed by atoms with Crippen molar-refractivity contribution in [3.8, 4) is 0 Å². The minimum Gasteiger partial charge on any atom is -0.295 e. The van der Waals surface area contributed by atoms with Crippen LogP contribution in [0.3, 0.4) is 0 Å². The highest BCUT2D eigenvalue weighted by atomic mass is 79.9. The minimum absolute atomic E-state index is 0.133. The molecule has 0 bridgehead atoms. The summed E-state index contributed by atoms with van der Waals surface area (Å²) in [6.45, 7) is 0. The molecule has 1 saturated carbocycles. The zero-order chi connectivity index (χ0) is 21.5. The van der Waals surface area contributed by atoms with Crippen LogP contribution in [0.4, 0.5) is 5.69 Å². The predicted molar refractivity (Wildman–Crippen MR) is 126 cm³/mol. The average Bonchev–Trinajstić information content (AvgIpc) is 2.93. The molecule has 0 saturated heterocycles. The van der Waals surface area contributed by atoms with Gasteiger partial charge in [-0.1, -0.05) is 35.2 Å². The van der Waals surface area contributed by atoms with E-state index in [-0.39, 0.29) is 10.6 Å². The molecule has 1 fully saturated rings. The van der Waals surface area contributed by atoms with E-state index in [0.29, 0.717) is 16.5 Å². The molecule has 1 aliphatic rings. The van der Waals surface area contributed by atoms with E-state index in [4.69, 9.17) is 0 Å². The number of aryl methyl sites for hydroxylation is 2. The molecule has 30 heavy (non-hydrogen) atoms. The highest BCUT2D eigenvalue weighted by Crippen LogP contribution is 2.39. The third kappa shape index (κ3) is 4.20. The normalized spacial score (nSPS) is 15.6. The Hall–Kier alpha value is -1.71. The molecule has 160 valence electrons. The lowest BCUT2D eigenvalue weighted by Crippen LogP contribution is -2.19. The first kappa shape index (κ1) is 21.5. The van der Waals surface area contributed by atoms with Gasteiger partial charge in [-0.3, -0.25) is 13.9 Å². The van der Waals surface area contributed by atoms with Gasteiger partial charge in [-0.05, 0) is 49.2 Å². The highest BCUT2D eigenvalue weighted by molar-refractivity contribution is 9.10. The van der Waals surface area contributed by atoms with Crippen LogP contribution in [-0.4, -0.2) is 22.8 Å². The molecule has 1 N–H and O–H groups in total. The molecule has 0 amide bonds. The Bertz CT molecular complexity index is 1240. The van der Waals surface area contributed by atoms with Crippen molar-refractivity contribution in [3.63, 3.8) is 0 Å². The van der Waals surface area contributed by atoms with E-state index in [9.17, 15) is 13.2 Å². The fourth-order valence-electron chi connectivity index (χ4n) is 3.88. The lowest BCUT2D eigenvalue weighted by atomic mass is 10.0. The minimum atomic E-state index is -3.76. The van der Waals surface area contributed by atoms with E-state index in [1.807, 2.05) is 6.07 Å². The van der Waals surface area contributed by atoms with Crippen LogP contribution >= 0.6 is 27.7 Å². The maximum absolute atomic E-state index is 13.0. The van der Waals surface area contributed by atoms with E-state index >= 15 is 0 Å². The monoisotopic (exact) mass is 509 g/mol. The summed E-state index contributed by atoms with van der Waals surface area (Å²) in [5.41, 5.74) is 1.88. The fraction of sp³-hybridized carbons (Fsp3) is 0.381. The zero-order valence-corrected chi connectivity index (χ0v) is 20.1. The van der Waals surface area contributed by atoms with Gasteiger partial charge in [-0.2, -0.15) is 0 Å². The van der Waals surface area contributed by atoms with Crippen LogP contribution in [0.2, 0.25) is 0 Å². The van der Waals surface area contributed by atoms with Crippen molar-refractivity contribution < 1.29 is 8.42 Å². The van der Waals surface area contributed by atoms with Crippen LogP contribution in [0.15, 0.2) is 55.5 Å². The molecular weight excluding hydrogens is 486 g/mol. The first-order chi connectivity index (χ1) is 14.3. The Kier molecular flexibility index (Phi) is 6.05. The predicted octanol–water partition coefficient (Wildman–Crippen LogP) is 4.87. The summed E-state index contributed by atoms with van der Waals surface area (Å²) in [4.78, 5) is 13.5. The fourth-order valence-corrected chi connectivity index (χ4v) is 6.63. The Balaban J connectivity index is 1.79. The second-order valence-corrected chi connectivity index (χ2v) is 11.6. The number of anilines is 1. The number of sulfonamides is 1. The van der Waals surface area contributed by atoms with Crippen molar-refractivity contribution in [2.75, 3.05) is 4.72 Å². The van der Waals surface area contributed by atoms with Gasteiger partial charge < -0.3 is 0 Å². The van der Waals surface area contributed by atoms with Gasteiger partial charge in [0.1, 0.15) is 0 Å². The van der Waals surface area contributed by atoms with Crippen LogP contribution in [0, 0.1) is 0 Å². The first-order valence-electron chi connectivity index (χ1n) is 9.91. The number of imidazole rings is 1. The largest absolute Gasteiger partial charge is 0.328 e. The summed E-state index contributed by atoms with van der Waals surface area (Å²) < 4.78 is 32.8. The van der Waals surface area contributed by atoms with Crippen molar-refractivity contribution >= 4 is 54.4 Å². The van der Waals surface area contributed by atoms with Crippen molar-refractivity contribution in [1.82, 2.24) is 9.13 Å². The third-order valence-corrected chi connectivity index (χ3v) is 8.89. The SMILES string of the molecule is Cn1c(=O)n(C)c2cc(SC3CCCCC3)c(NS(=O)(=O)c3ccc(Br)cc3)cc21. The van der Waals surface area contributed by atoms with Crippen LogP contribution < -0.4 is 10.4 Å². The second kappa shape index (κ2) is 8.43. The number of rotatable bonds is 5. The Morgan fingerprint density at radius 2 is 1.60 bits per heavy atom. The van der Waals surface area contributed by atoms with Gasteiger partial charge in [0.05, 0.1) is 21.6 Å². The molecule has 6 nitrogen and oxygen atoms in total. The molecule has 0 aliphatic heterocycles. The summed E-state index contributed by atoms with van der Waals surface area (Å²) in [6, 6.07) is 10.3. The quantitative estimate of drug-likeness (QED) is 0.532. The van der Waals surface area contributed by atoms with Gasteiger partial charge in [0.15, 0.2) is 0 Å². The van der Waals surface area contributed by atoms with Crippen molar-refractivity contribution in [2.45, 2.75) is 47.1 Å². The van der Waals surface area contributed by atoms with E-state index in [1.165, 1.54) is 19.3 Å². The van der Waals surface area contributed by atoms with E-state index in [2.05, 4.69) is 20.7 Å². The lowest BCUT2D eigenvalue weighted by Gasteiger charge is -2.22. The average molecular weight is 510 g/mol. The summed E-state index contributed by atoms with van der Waals surface area (Å²) in [6.07, 6.45) is 5.89. The van der Waals surface area contributed by atoms with Crippen molar-refractivity contribution in [1.29, 1.82) is 0 Å². The molecular formula is C21H24BrN3O3S2. The third-order valence-electron chi connectivity index (χ3n) is 5.59. The number of halogens is 1. The zero-order valence-electron chi connectivity index (χ0n) is 16.9. The lowest BCUT2D eigenvalue weighted by molar-refractivity contribution is 0.516.